The van der Waals surface area contributed by atoms with Gasteiger partial charge >= 0.3 is 0 Å². The topological polar surface area (TPSA) is 49.0 Å². The molecule has 0 saturated carbocycles. The molecule has 1 amide bonds. The Morgan fingerprint density at radius 1 is 1.50 bits per heavy atom. The van der Waals surface area contributed by atoms with E-state index in [4.69, 9.17) is 0 Å². The molecular formula is C15H21N3OS. The van der Waals surface area contributed by atoms with Crippen molar-refractivity contribution in [3.8, 4) is 0 Å². The fourth-order valence-corrected chi connectivity index (χ4v) is 2.86. The average Bonchev–Trinajstić information content (AvgIpc) is 2.93. The molecule has 0 fully saturated rings. The molecule has 1 heterocycles. The molecule has 0 aliphatic rings. The van der Waals surface area contributed by atoms with E-state index in [0.717, 1.165) is 29.0 Å². The molecule has 0 saturated heterocycles. The SMILES string of the molecule is CCSCC[C@@H](C)N(C)C(=O)c1ccc2nc[nH]c2c1. The van der Waals surface area contributed by atoms with Crippen LogP contribution in [0.2, 0.25) is 0 Å². The molecular weight excluding hydrogens is 270 g/mol. The first-order chi connectivity index (χ1) is 9.63. The number of H-pyrrole nitrogens is 1. The second-order valence-electron chi connectivity index (χ2n) is 4.89. The summed E-state index contributed by atoms with van der Waals surface area (Å²) in [5, 5.41) is 0. The maximum atomic E-state index is 12.5. The molecule has 4 nitrogen and oxygen atoms in total. The summed E-state index contributed by atoms with van der Waals surface area (Å²) in [5.74, 6) is 2.28. The van der Waals surface area contributed by atoms with Crippen LogP contribution < -0.4 is 0 Å². The maximum absolute atomic E-state index is 12.5. The molecule has 1 aromatic heterocycles. The van der Waals surface area contributed by atoms with Crippen LogP contribution >= 0.6 is 11.8 Å². The Hall–Kier alpha value is -1.49. The van der Waals surface area contributed by atoms with Crippen molar-refractivity contribution in [1.29, 1.82) is 0 Å². The summed E-state index contributed by atoms with van der Waals surface area (Å²) in [7, 11) is 1.88. The van der Waals surface area contributed by atoms with E-state index in [0.29, 0.717) is 5.56 Å². The fourth-order valence-electron chi connectivity index (χ4n) is 2.06. The number of carbonyl (C=O) groups is 1. The van der Waals surface area contributed by atoms with Crippen molar-refractivity contribution < 1.29 is 4.79 Å². The number of nitrogens with one attached hydrogen (secondary N) is 1. The lowest BCUT2D eigenvalue weighted by Gasteiger charge is -2.25. The Morgan fingerprint density at radius 3 is 3.05 bits per heavy atom. The second-order valence-corrected chi connectivity index (χ2v) is 6.28. The van der Waals surface area contributed by atoms with Gasteiger partial charge in [0.25, 0.3) is 5.91 Å². The van der Waals surface area contributed by atoms with Crippen molar-refractivity contribution in [3.05, 3.63) is 30.1 Å². The van der Waals surface area contributed by atoms with Gasteiger partial charge in [-0.2, -0.15) is 11.8 Å². The minimum atomic E-state index is 0.0653. The van der Waals surface area contributed by atoms with Crippen LogP contribution in [0.25, 0.3) is 11.0 Å². The molecule has 1 N–H and O–H groups in total. The van der Waals surface area contributed by atoms with Crippen molar-refractivity contribution in [1.82, 2.24) is 14.9 Å². The first kappa shape index (κ1) is 14.9. The van der Waals surface area contributed by atoms with E-state index < -0.39 is 0 Å². The van der Waals surface area contributed by atoms with Crippen molar-refractivity contribution >= 4 is 28.7 Å². The van der Waals surface area contributed by atoms with E-state index in [-0.39, 0.29) is 11.9 Å². The van der Waals surface area contributed by atoms with Crippen LogP contribution in [0.4, 0.5) is 0 Å². The number of benzene rings is 1. The fraction of sp³-hybridized carbons (Fsp3) is 0.467. The molecule has 108 valence electrons. The highest BCUT2D eigenvalue weighted by atomic mass is 32.2. The number of fused-ring (bicyclic) bond motifs is 1. The third-order valence-corrected chi connectivity index (χ3v) is 4.47. The van der Waals surface area contributed by atoms with Gasteiger partial charge in [0.05, 0.1) is 17.4 Å². The van der Waals surface area contributed by atoms with Gasteiger partial charge in [0.2, 0.25) is 0 Å². The number of amides is 1. The number of carbonyl (C=O) groups excluding carboxylic acids is 1. The van der Waals surface area contributed by atoms with Gasteiger partial charge in [0.1, 0.15) is 0 Å². The number of imidazole rings is 1. The number of rotatable bonds is 6. The third kappa shape index (κ3) is 3.33. The quantitative estimate of drug-likeness (QED) is 0.832. The van der Waals surface area contributed by atoms with Crippen LogP contribution in [0.5, 0.6) is 0 Å². The van der Waals surface area contributed by atoms with Gasteiger partial charge in [-0.15, -0.1) is 0 Å². The van der Waals surface area contributed by atoms with Crippen LogP contribution in [-0.4, -0.2) is 45.4 Å². The zero-order valence-corrected chi connectivity index (χ0v) is 13.0. The highest BCUT2D eigenvalue weighted by Gasteiger charge is 2.17. The van der Waals surface area contributed by atoms with Crippen LogP contribution in [0, 0.1) is 0 Å². The van der Waals surface area contributed by atoms with Crippen molar-refractivity contribution in [3.63, 3.8) is 0 Å². The van der Waals surface area contributed by atoms with Crippen molar-refractivity contribution in [2.24, 2.45) is 0 Å². The summed E-state index contributed by atoms with van der Waals surface area (Å²) in [6.45, 7) is 4.26. The zero-order chi connectivity index (χ0) is 14.5. The van der Waals surface area contributed by atoms with Crippen LogP contribution in [0.3, 0.4) is 0 Å². The highest BCUT2D eigenvalue weighted by Crippen LogP contribution is 2.15. The molecule has 2 aromatic rings. The van der Waals surface area contributed by atoms with Gasteiger partial charge in [0, 0.05) is 18.7 Å². The minimum absolute atomic E-state index is 0.0653. The lowest BCUT2D eigenvalue weighted by Crippen LogP contribution is -2.35. The lowest BCUT2D eigenvalue weighted by atomic mass is 10.1. The van der Waals surface area contributed by atoms with Gasteiger partial charge in [0.15, 0.2) is 0 Å². The smallest absolute Gasteiger partial charge is 0.253 e. The Kier molecular flexibility index (Phi) is 5.06. The normalized spacial score (nSPS) is 12.6. The van der Waals surface area contributed by atoms with Crippen LogP contribution in [0.15, 0.2) is 24.5 Å². The number of hydrogen-bond donors (Lipinski definition) is 1. The highest BCUT2D eigenvalue weighted by molar-refractivity contribution is 7.99. The van der Waals surface area contributed by atoms with Gasteiger partial charge < -0.3 is 9.88 Å². The number of thioether (sulfide) groups is 1. The molecule has 0 spiro atoms. The molecule has 0 unspecified atom stereocenters. The van der Waals surface area contributed by atoms with Gasteiger partial charge in [-0.1, -0.05) is 6.92 Å². The molecule has 0 radical (unpaired) electrons. The summed E-state index contributed by atoms with van der Waals surface area (Å²) in [5.41, 5.74) is 2.49. The van der Waals surface area contributed by atoms with E-state index in [1.165, 1.54) is 0 Å². The molecule has 0 aliphatic carbocycles. The maximum Gasteiger partial charge on any atom is 0.253 e. The van der Waals surface area contributed by atoms with E-state index in [1.54, 1.807) is 6.33 Å². The number of aromatic amines is 1. The lowest BCUT2D eigenvalue weighted by molar-refractivity contribution is 0.0741. The summed E-state index contributed by atoms with van der Waals surface area (Å²) in [6.07, 6.45) is 2.67. The Bertz CT molecular complexity index is 581. The molecule has 0 aliphatic heterocycles. The van der Waals surface area contributed by atoms with E-state index >= 15 is 0 Å². The Morgan fingerprint density at radius 2 is 2.30 bits per heavy atom. The summed E-state index contributed by atoms with van der Waals surface area (Å²) in [4.78, 5) is 21.5. The van der Waals surface area contributed by atoms with E-state index in [1.807, 2.05) is 41.9 Å². The monoisotopic (exact) mass is 291 g/mol. The third-order valence-electron chi connectivity index (χ3n) is 3.53. The Balaban J connectivity index is 2.05. The zero-order valence-electron chi connectivity index (χ0n) is 12.2. The predicted octanol–water partition coefficient (Wildman–Crippen LogP) is 3.17. The number of hydrogen-bond acceptors (Lipinski definition) is 3. The second kappa shape index (κ2) is 6.79. The first-order valence-corrected chi connectivity index (χ1v) is 8.07. The number of aromatic nitrogens is 2. The molecule has 2 rings (SSSR count). The van der Waals surface area contributed by atoms with Crippen molar-refractivity contribution in [2.45, 2.75) is 26.3 Å². The molecule has 0 bridgehead atoms. The molecule has 5 heteroatoms. The first-order valence-electron chi connectivity index (χ1n) is 6.91. The van der Waals surface area contributed by atoms with Crippen LogP contribution in [-0.2, 0) is 0 Å². The van der Waals surface area contributed by atoms with Crippen LogP contribution in [0.1, 0.15) is 30.6 Å². The van der Waals surface area contributed by atoms with Gasteiger partial charge in [-0.25, -0.2) is 4.98 Å². The summed E-state index contributed by atoms with van der Waals surface area (Å²) >= 11 is 1.91. The summed E-state index contributed by atoms with van der Waals surface area (Å²) in [6, 6.07) is 5.84. The minimum Gasteiger partial charge on any atom is -0.345 e. The Labute approximate surface area is 124 Å². The van der Waals surface area contributed by atoms with Gasteiger partial charge in [-0.05, 0) is 43.0 Å². The predicted molar refractivity (Wildman–Crippen MR) is 85.3 cm³/mol. The molecule has 1 atom stereocenters. The summed E-state index contributed by atoms with van der Waals surface area (Å²) < 4.78 is 0. The molecule has 1 aromatic carbocycles. The van der Waals surface area contributed by atoms with E-state index in [9.17, 15) is 4.79 Å². The average molecular weight is 291 g/mol. The standard InChI is InChI=1S/C15H21N3OS/c1-4-20-8-7-11(2)18(3)15(19)12-5-6-13-14(9-12)17-10-16-13/h5-6,9-11H,4,7-8H2,1-3H3,(H,16,17)/t11-/m1/s1. The number of nitrogens with zero attached hydrogens (tertiary/aromatic N) is 2. The molecule has 20 heavy (non-hydrogen) atoms. The van der Waals surface area contributed by atoms with Gasteiger partial charge in [-0.3, -0.25) is 4.79 Å². The largest absolute Gasteiger partial charge is 0.345 e. The van der Waals surface area contributed by atoms with E-state index in [2.05, 4.69) is 23.8 Å². The van der Waals surface area contributed by atoms with Crippen molar-refractivity contribution in [2.75, 3.05) is 18.6 Å².